The van der Waals surface area contributed by atoms with Gasteiger partial charge in [0, 0.05) is 11.8 Å². The van der Waals surface area contributed by atoms with Crippen molar-refractivity contribution >= 4 is 5.97 Å². The Morgan fingerprint density at radius 3 is 2.34 bits per heavy atom. The van der Waals surface area contributed by atoms with Gasteiger partial charge in [-0.1, -0.05) is 43.7 Å². The molecule has 8 heteroatoms. The highest BCUT2D eigenvalue weighted by Gasteiger charge is 2.32. The summed E-state index contributed by atoms with van der Waals surface area (Å²) < 4.78 is 44.7. The maximum Gasteiger partial charge on any atom is 0.433 e. The van der Waals surface area contributed by atoms with Crippen LogP contribution in [0.25, 0.3) is 11.1 Å². The molecule has 29 heavy (non-hydrogen) atoms. The molecule has 0 bridgehead atoms. The molecule has 3 rings (SSSR count). The van der Waals surface area contributed by atoms with Crippen molar-refractivity contribution in [3.8, 4) is 11.1 Å². The number of hydrogen-bond acceptors (Lipinski definition) is 4. The molecule has 5 nitrogen and oxygen atoms in total. The minimum Gasteiger partial charge on any atom is -0.464 e. The van der Waals surface area contributed by atoms with Crippen LogP contribution in [0.15, 0.2) is 55.1 Å². The lowest BCUT2D eigenvalue weighted by molar-refractivity contribution is -0.141. The summed E-state index contributed by atoms with van der Waals surface area (Å²) in [7, 11) is 1.32. The van der Waals surface area contributed by atoms with Crippen molar-refractivity contribution in [2.45, 2.75) is 32.0 Å². The van der Waals surface area contributed by atoms with Gasteiger partial charge in [-0.15, -0.1) is 0 Å². The van der Waals surface area contributed by atoms with Gasteiger partial charge in [-0.2, -0.15) is 13.2 Å². The molecule has 0 aliphatic carbocycles. The fraction of sp³-hybridized carbons (Fsp3) is 0.286. The molecule has 0 radical (unpaired) electrons. The minimum absolute atomic E-state index is 0.114. The molecule has 0 fully saturated rings. The zero-order valence-electron chi connectivity index (χ0n) is 16.0. The van der Waals surface area contributed by atoms with Gasteiger partial charge >= 0.3 is 12.1 Å². The number of carbonyl (C=O) groups is 1. The van der Waals surface area contributed by atoms with Crippen LogP contribution >= 0.6 is 0 Å². The van der Waals surface area contributed by atoms with Crippen LogP contribution in [0.3, 0.4) is 0 Å². The Morgan fingerprint density at radius 1 is 1.10 bits per heavy atom. The van der Waals surface area contributed by atoms with Crippen LogP contribution in [0.1, 0.15) is 47.6 Å². The number of nitrogens with zero attached hydrogens (tertiary/aromatic N) is 3. The van der Waals surface area contributed by atoms with E-state index >= 15 is 0 Å². The van der Waals surface area contributed by atoms with Crippen molar-refractivity contribution in [2.24, 2.45) is 0 Å². The Labute approximate surface area is 166 Å². The van der Waals surface area contributed by atoms with Crippen LogP contribution in [-0.2, 0) is 10.9 Å². The number of aromatic nitrogens is 3. The maximum atomic E-state index is 12.7. The van der Waals surface area contributed by atoms with E-state index in [4.69, 9.17) is 4.74 Å². The largest absolute Gasteiger partial charge is 0.464 e. The van der Waals surface area contributed by atoms with Gasteiger partial charge in [-0.25, -0.2) is 9.78 Å². The van der Waals surface area contributed by atoms with Crippen molar-refractivity contribution in [1.82, 2.24) is 14.5 Å². The summed E-state index contributed by atoms with van der Waals surface area (Å²) in [5, 5.41) is 0. The zero-order valence-corrected chi connectivity index (χ0v) is 16.0. The zero-order chi connectivity index (χ0) is 21.0. The van der Waals surface area contributed by atoms with E-state index in [1.54, 1.807) is 10.9 Å². The fourth-order valence-corrected chi connectivity index (χ4v) is 3.19. The highest BCUT2D eigenvalue weighted by Crippen LogP contribution is 2.30. The van der Waals surface area contributed by atoms with E-state index in [1.165, 1.54) is 25.6 Å². The molecule has 3 aromatic rings. The third kappa shape index (κ3) is 4.47. The standard InChI is InChI=1S/C21H20F3N3O2/c1-3-4-17(27-13-25-12-18(27)20(28)29-2)15-7-5-14(6-8-15)16-9-10-19(26-11-16)21(22,23)24/h5-13,17H,3-4H2,1-2H3. The Hall–Kier alpha value is -3.16. The van der Waals surface area contributed by atoms with E-state index in [1.807, 2.05) is 31.2 Å². The molecule has 0 saturated carbocycles. The van der Waals surface area contributed by atoms with Crippen molar-refractivity contribution < 1.29 is 22.7 Å². The average molecular weight is 403 g/mol. The number of alkyl halides is 3. The number of esters is 1. The van der Waals surface area contributed by atoms with Gasteiger partial charge in [-0.05, 0) is 23.6 Å². The van der Waals surface area contributed by atoms with Gasteiger partial charge in [0.05, 0.1) is 25.7 Å². The number of rotatable bonds is 6. The number of halogens is 3. The van der Waals surface area contributed by atoms with Gasteiger partial charge in [0.1, 0.15) is 11.4 Å². The first-order valence-electron chi connectivity index (χ1n) is 9.09. The van der Waals surface area contributed by atoms with E-state index in [0.29, 0.717) is 11.3 Å². The van der Waals surface area contributed by atoms with Gasteiger partial charge in [-0.3, -0.25) is 4.98 Å². The molecular weight excluding hydrogens is 383 g/mol. The fourth-order valence-electron chi connectivity index (χ4n) is 3.19. The van der Waals surface area contributed by atoms with E-state index < -0.39 is 17.8 Å². The summed E-state index contributed by atoms with van der Waals surface area (Å²) in [4.78, 5) is 19.6. The summed E-state index contributed by atoms with van der Waals surface area (Å²) in [6.07, 6.45) is 1.48. The molecule has 2 aromatic heterocycles. The minimum atomic E-state index is -4.46. The van der Waals surface area contributed by atoms with Crippen molar-refractivity contribution in [2.75, 3.05) is 7.11 Å². The highest BCUT2D eigenvalue weighted by atomic mass is 19.4. The van der Waals surface area contributed by atoms with Crippen molar-refractivity contribution in [3.05, 3.63) is 72.1 Å². The van der Waals surface area contributed by atoms with Gasteiger partial charge in [0.25, 0.3) is 0 Å². The number of carbonyl (C=O) groups excluding carboxylic acids is 1. The van der Waals surface area contributed by atoms with E-state index in [9.17, 15) is 18.0 Å². The molecule has 0 spiro atoms. The molecule has 152 valence electrons. The van der Waals surface area contributed by atoms with Crippen LogP contribution < -0.4 is 0 Å². The van der Waals surface area contributed by atoms with Gasteiger partial charge in [0.15, 0.2) is 0 Å². The third-order valence-electron chi connectivity index (χ3n) is 4.64. The number of benzene rings is 1. The maximum absolute atomic E-state index is 12.7. The number of methoxy groups -OCH3 is 1. The number of hydrogen-bond donors (Lipinski definition) is 0. The summed E-state index contributed by atoms with van der Waals surface area (Å²) in [6.45, 7) is 2.05. The van der Waals surface area contributed by atoms with Crippen molar-refractivity contribution in [1.29, 1.82) is 0 Å². The lowest BCUT2D eigenvalue weighted by Crippen LogP contribution is -2.16. The molecule has 0 aliphatic rings. The summed E-state index contributed by atoms with van der Waals surface area (Å²) in [5.74, 6) is -0.462. The van der Waals surface area contributed by atoms with E-state index in [-0.39, 0.29) is 6.04 Å². The van der Waals surface area contributed by atoms with E-state index in [2.05, 4.69) is 9.97 Å². The second-order valence-corrected chi connectivity index (χ2v) is 6.53. The normalized spacial score (nSPS) is 12.6. The van der Waals surface area contributed by atoms with Crippen LogP contribution in [0.5, 0.6) is 0 Å². The summed E-state index contributed by atoms with van der Waals surface area (Å²) in [6, 6.07) is 9.71. The van der Waals surface area contributed by atoms with Gasteiger partial charge < -0.3 is 9.30 Å². The van der Waals surface area contributed by atoms with Crippen LogP contribution in [0.2, 0.25) is 0 Å². The average Bonchev–Trinajstić information content (AvgIpc) is 3.20. The number of pyridine rings is 1. The molecule has 1 aromatic carbocycles. The lowest BCUT2D eigenvalue weighted by atomic mass is 9.98. The monoisotopic (exact) mass is 403 g/mol. The summed E-state index contributed by atoms with van der Waals surface area (Å²) >= 11 is 0. The molecule has 0 saturated heterocycles. The van der Waals surface area contributed by atoms with E-state index in [0.717, 1.165) is 30.0 Å². The lowest BCUT2D eigenvalue weighted by Gasteiger charge is -2.20. The Kier molecular flexibility index (Phi) is 6.00. The molecule has 0 amide bonds. The molecule has 1 unspecified atom stereocenters. The molecular formula is C21H20F3N3O2. The van der Waals surface area contributed by atoms with Crippen LogP contribution in [-0.4, -0.2) is 27.6 Å². The topological polar surface area (TPSA) is 57.0 Å². The predicted molar refractivity (Wildman–Crippen MR) is 101 cm³/mol. The second kappa shape index (κ2) is 8.46. The quantitative estimate of drug-likeness (QED) is 0.535. The molecule has 2 heterocycles. The number of ether oxygens (including phenoxy) is 1. The highest BCUT2D eigenvalue weighted by molar-refractivity contribution is 5.87. The second-order valence-electron chi connectivity index (χ2n) is 6.53. The SMILES string of the molecule is CCCC(c1ccc(-c2ccc(C(F)(F)F)nc2)cc1)n1cncc1C(=O)OC. The molecule has 0 aliphatic heterocycles. The third-order valence-corrected chi connectivity index (χ3v) is 4.64. The first-order valence-corrected chi connectivity index (χ1v) is 9.09. The first kappa shape index (κ1) is 20.6. The van der Waals surface area contributed by atoms with Gasteiger partial charge in [0.2, 0.25) is 0 Å². The predicted octanol–water partition coefficient (Wildman–Crippen LogP) is 5.14. The van der Waals surface area contributed by atoms with Crippen molar-refractivity contribution in [3.63, 3.8) is 0 Å². The summed E-state index contributed by atoms with van der Waals surface area (Å²) in [5.41, 5.74) is 1.75. The van der Waals surface area contributed by atoms with Crippen LogP contribution in [0, 0.1) is 0 Å². The number of imidazole rings is 1. The van der Waals surface area contributed by atoms with Crippen LogP contribution in [0.4, 0.5) is 13.2 Å². The Balaban J connectivity index is 1.89. The molecule has 1 atom stereocenters. The Morgan fingerprint density at radius 2 is 1.79 bits per heavy atom. The first-order chi connectivity index (χ1) is 13.8. The smallest absolute Gasteiger partial charge is 0.433 e. The Bertz CT molecular complexity index is 964. The molecule has 0 N–H and O–H groups in total.